The maximum atomic E-state index is 8.85. The Kier molecular flexibility index (Phi) is 2.23. The van der Waals surface area contributed by atoms with Crippen LogP contribution in [0.4, 0.5) is 0 Å². The predicted octanol–water partition coefficient (Wildman–Crippen LogP) is 0.0470. The smallest absolute Gasteiger partial charge is 0.163 e. The Morgan fingerprint density at radius 3 is 2.93 bits per heavy atom. The quantitative estimate of drug-likeness (QED) is 0.629. The zero-order chi connectivity index (χ0) is 10.1. The van der Waals surface area contributed by atoms with Gasteiger partial charge in [0.15, 0.2) is 5.69 Å². The summed E-state index contributed by atoms with van der Waals surface area (Å²) >= 11 is 0. The van der Waals surface area contributed by atoms with Crippen molar-refractivity contribution in [2.24, 2.45) is 0 Å². The molecule has 1 aromatic rings. The summed E-state index contributed by atoms with van der Waals surface area (Å²) in [6.45, 7) is 2.65. The molecule has 0 N–H and O–H groups in total. The number of hydrogen-bond acceptors (Lipinski definition) is 4. The standard InChI is InChI=1S/C9H13N5/c1-12(2)14-4-3-13-7-11-8(5-10)9(13)6-14/h7H,3-4,6H2,1-2H3. The molecule has 1 aliphatic heterocycles. The number of aromatic nitrogens is 2. The Hall–Kier alpha value is -1.38. The Morgan fingerprint density at radius 2 is 2.29 bits per heavy atom. The SMILES string of the molecule is CN(C)N1CCn2cnc(C#N)c2C1. The molecule has 1 aliphatic rings. The van der Waals surface area contributed by atoms with Crippen LogP contribution in [0.25, 0.3) is 0 Å². The summed E-state index contributed by atoms with van der Waals surface area (Å²) in [5.41, 5.74) is 1.57. The molecule has 0 unspecified atom stereocenters. The van der Waals surface area contributed by atoms with Crippen LogP contribution in [-0.2, 0) is 13.1 Å². The van der Waals surface area contributed by atoms with Crippen LogP contribution in [0.5, 0.6) is 0 Å². The second-order valence-corrected chi connectivity index (χ2v) is 3.58. The van der Waals surface area contributed by atoms with E-state index in [-0.39, 0.29) is 0 Å². The summed E-state index contributed by atoms with van der Waals surface area (Å²) in [5.74, 6) is 0. The Balaban J connectivity index is 2.28. The zero-order valence-electron chi connectivity index (χ0n) is 8.43. The van der Waals surface area contributed by atoms with Gasteiger partial charge in [0.1, 0.15) is 6.07 Å². The first-order valence-electron chi connectivity index (χ1n) is 4.58. The average Bonchev–Trinajstić information content (AvgIpc) is 2.59. The monoisotopic (exact) mass is 191 g/mol. The lowest BCUT2D eigenvalue weighted by atomic mass is 10.3. The van der Waals surface area contributed by atoms with Gasteiger partial charge in [0.25, 0.3) is 0 Å². The van der Waals surface area contributed by atoms with Crippen molar-refractivity contribution in [3.8, 4) is 6.07 Å². The van der Waals surface area contributed by atoms with Crippen LogP contribution >= 0.6 is 0 Å². The molecule has 1 aromatic heterocycles. The lowest BCUT2D eigenvalue weighted by molar-refractivity contribution is -0.000700. The zero-order valence-corrected chi connectivity index (χ0v) is 8.43. The number of hydrogen-bond donors (Lipinski definition) is 0. The van der Waals surface area contributed by atoms with Crippen molar-refractivity contribution in [3.63, 3.8) is 0 Å². The summed E-state index contributed by atoms with van der Waals surface area (Å²) in [6, 6.07) is 2.12. The molecule has 74 valence electrons. The second kappa shape index (κ2) is 3.40. The topological polar surface area (TPSA) is 48.1 Å². The maximum Gasteiger partial charge on any atom is 0.163 e. The van der Waals surface area contributed by atoms with Gasteiger partial charge in [0, 0.05) is 27.2 Å². The highest BCUT2D eigenvalue weighted by Gasteiger charge is 2.20. The van der Waals surface area contributed by atoms with Crippen molar-refractivity contribution >= 4 is 0 Å². The maximum absolute atomic E-state index is 8.85. The number of fused-ring (bicyclic) bond motifs is 1. The highest BCUT2D eigenvalue weighted by atomic mass is 15.6. The Morgan fingerprint density at radius 1 is 1.50 bits per heavy atom. The number of nitrogens with zero attached hydrogens (tertiary/aromatic N) is 5. The Labute approximate surface area is 83.1 Å². The van der Waals surface area contributed by atoms with E-state index in [0.29, 0.717) is 5.69 Å². The fraction of sp³-hybridized carbons (Fsp3) is 0.556. The molecule has 2 rings (SSSR count). The van der Waals surface area contributed by atoms with Crippen molar-refractivity contribution in [1.29, 1.82) is 5.26 Å². The third kappa shape index (κ3) is 1.39. The van der Waals surface area contributed by atoms with Crippen LogP contribution in [-0.4, -0.2) is 40.2 Å². The van der Waals surface area contributed by atoms with Crippen molar-refractivity contribution in [1.82, 2.24) is 19.6 Å². The molecule has 0 spiro atoms. The molecular formula is C9H13N5. The Bertz CT molecular complexity index is 373. The van der Waals surface area contributed by atoms with Gasteiger partial charge in [-0.15, -0.1) is 0 Å². The minimum atomic E-state index is 0.552. The van der Waals surface area contributed by atoms with Crippen LogP contribution in [0, 0.1) is 11.3 Å². The molecule has 5 nitrogen and oxygen atoms in total. The number of rotatable bonds is 1. The minimum absolute atomic E-state index is 0.552. The third-order valence-corrected chi connectivity index (χ3v) is 2.55. The number of hydrazine groups is 1. The van der Waals surface area contributed by atoms with Crippen molar-refractivity contribution < 1.29 is 0 Å². The van der Waals surface area contributed by atoms with E-state index in [1.807, 2.05) is 14.1 Å². The molecule has 5 heteroatoms. The molecule has 0 aromatic carbocycles. The molecular weight excluding hydrogens is 178 g/mol. The first-order chi connectivity index (χ1) is 6.72. The van der Waals surface area contributed by atoms with E-state index in [4.69, 9.17) is 5.26 Å². The van der Waals surface area contributed by atoms with Gasteiger partial charge in [-0.25, -0.2) is 15.0 Å². The van der Waals surface area contributed by atoms with E-state index in [0.717, 1.165) is 25.3 Å². The van der Waals surface area contributed by atoms with Gasteiger partial charge in [0.05, 0.1) is 18.6 Å². The molecule has 0 bridgehead atoms. The van der Waals surface area contributed by atoms with Crippen LogP contribution in [0.2, 0.25) is 0 Å². The fourth-order valence-corrected chi connectivity index (χ4v) is 1.68. The molecule has 0 radical (unpaired) electrons. The molecule has 14 heavy (non-hydrogen) atoms. The minimum Gasteiger partial charge on any atom is -0.331 e. The van der Waals surface area contributed by atoms with Gasteiger partial charge in [0.2, 0.25) is 0 Å². The van der Waals surface area contributed by atoms with Gasteiger partial charge < -0.3 is 4.57 Å². The van der Waals surface area contributed by atoms with Crippen molar-refractivity contribution in [2.75, 3.05) is 20.6 Å². The predicted molar refractivity (Wildman–Crippen MR) is 51.0 cm³/mol. The molecule has 0 aliphatic carbocycles. The van der Waals surface area contributed by atoms with E-state index in [1.165, 1.54) is 0 Å². The van der Waals surface area contributed by atoms with Gasteiger partial charge in [-0.3, -0.25) is 0 Å². The van der Waals surface area contributed by atoms with E-state index >= 15 is 0 Å². The normalized spacial score (nSPS) is 16.7. The summed E-state index contributed by atoms with van der Waals surface area (Å²) < 4.78 is 2.05. The fourth-order valence-electron chi connectivity index (χ4n) is 1.68. The average molecular weight is 191 g/mol. The highest BCUT2D eigenvalue weighted by molar-refractivity contribution is 5.27. The van der Waals surface area contributed by atoms with Gasteiger partial charge in [-0.05, 0) is 0 Å². The second-order valence-electron chi connectivity index (χ2n) is 3.58. The van der Waals surface area contributed by atoms with Crippen LogP contribution < -0.4 is 0 Å². The van der Waals surface area contributed by atoms with Gasteiger partial charge >= 0.3 is 0 Å². The number of imidazole rings is 1. The molecule has 0 saturated carbocycles. The van der Waals surface area contributed by atoms with Crippen LogP contribution in [0.3, 0.4) is 0 Å². The first-order valence-corrected chi connectivity index (χ1v) is 4.58. The number of nitriles is 1. The summed E-state index contributed by atoms with van der Waals surface area (Å²) in [6.07, 6.45) is 1.75. The van der Waals surface area contributed by atoms with Gasteiger partial charge in [-0.1, -0.05) is 0 Å². The van der Waals surface area contributed by atoms with Gasteiger partial charge in [-0.2, -0.15) is 5.26 Å². The van der Waals surface area contributed by atoms with E-state index < -0.39 is 0 Å². The van der Waals surface area contributed by atoms with Crippen molar-refractivity contribution in [2.45, 2.75) is 13.1 Å². The highest BCUT2D eigenvalue weighted by Crippen LogP contribution is 2.15. The summed E-state index contributed by atoms with van der Waals surface area (Å²) in [5, 5.41) is 13.1. The lowest BCUT2D eigenvalue weighted by Crippen LogP contribution is -2.42. The molecule has 0 atom stereocenters. The first kappa shape index (κ1) is 9.19. The lowest BCUT2D eigenvalue weighted by Gasteiger charge is -2.32. The molecule has 0 amide bonds. The largest absolute Gasteiger partial charge is 0.331 e. The van der Waals surface area contributed by atoms with E-state index in [1.54, 1.807) is 6.33 Å². The van der Waals surface area contributed by atoms with E-state index in [9.17, 15) is 0 Å². The molecule has 0 saturated heterocycles. The van der Waals surface area contributed by atoms with Crippen molar-refractivity contribution in [3.05, 3.63) is 17.7 Å². The molecule has 0 fully saturated rings. The summed E-state index contributed by atoms with van der Waals surface area (Å²) in [7, 11) is 4.02. The van der Waals surface area contributed by atoms with Crippen LogP contribution in [0.1, 0.15) is 11.4 Å². The third-order valence-electron chi connectivity index (χ3n) is 2.55. The van der Waals surface area contributed by atoms with E-state index in [2.05, 4.69) is 25.6 Å². The van der Waals surface area contributed by atoms with Crippen LogP contribution in [0.15, 0.2) is 6.33 Å². The summed E-state index contributed by atoms with van der Waals surface area (Å²) in [4.78, 5) is 4.07. The molecule has 2 heterocycles.